The van der Waals surface area contributed by atoms with Crippen molar-refractivity contribution in [2.45, 2.75) is 19.8 Å². The van der Waals surface area contributed by atoms with Gasteiger partial charge in [0.1, 0.15) is 4.88 Å². The number of thiazole rings is 1. The molecule has 1 aromatic carbocycles. The Bertz CT molecular complexity index is 688. The summed E-state index contributed by atoms with van der Waals surface area (Å²) < 4.78 is 0. The average molecular weight is 366 g/mol. The molecule has 8 heteroatoms. The number of halogens is 3. The predicted octanol–water partition coefficient (Wildman–Crippen LogP) is 5.50. The van der Waals surface area contributed by atoms with Gasteiger partial charge >= 0.3 is 5.97 Å². The van der Waals surface area contributed by atoms with Crippen molar-refractivity contribution in [3.05, 3.63) is 37.8 Å². The molecule has 2 N–H and O–H groups in total. The van der Waals surface area contributed by atoms with Crippen molar-refractivity contribution in [2.75, 3.05) is 5.32 Å². The van der Waals surface area contributed by atoms with Gasteiger partial charge in [0, 0.05) is 0 Å². The summed E-state index contributed by atoms with van der Waals surface area (Å²) in [5.41, 5.74) is 1.09. The second-order valence-corrected chi connectivity index (χ2v) is 6.44. The van der Waals surface area contributed by atoms with E-state index in [1.165, 1.54) is 6.07 Å². The zero-order valence-corrected chi connectivity index (χ0v) is 14.0. The fourth-order valence-corrected chi connectivity index (χ4v) is 3.17. The Kier molecular flexibility index (Phi) is 5.32. The van der Waals surface area contributed by atoms with Gasteiger partial charge in [0.2, 0.25) is 0 Å². The maximum Gasteiger partial charge on any atom is 0.347 e. The van der Waals surface area contributed by atoms with E-state index in [1.54, 1.807) is 6.07 Å². The number of aromatic nitrogens is 1. The lowest BCUT2D eigenvalue weighted by Gasteiger charge is -2.06. The molecule has 0 fully saturated rings. The molecule has 0 aliphatic heterocycles. The van der Waals surface area contributed by atoms with Crippen LogP contribution >= 0.6 is 46.1 Å². The molecule has 1 heterocycles. The number of carboxylic acids is 1. The zero-order valence-electron chi connectivity index (χ0n) is 10.9. The van der Waals surface area contributed by atoms with E-state index in [1.807, 2.05) is 6.92 Å². The van der Waals surface area contributed by atoms with Gasteiger partial charge in [-0.2, -0.15) is 0 Å². The van der Waals surface area contributed by atoms with E-state index in [2.05, 4.69) is 10.3 Å². The number of carboxylic acid groups (broad SMARTS) is 1. The standard InChI is InChI=1S/C13H11Cl3N2O2S/c1-2-3-9-11(12(19)20)21-13(17-9)18-10-5-7(15)6(14)4-8(10)16/h4-5H,2-3H2,1H3,(H,17,18)(H,19,20). The molecule has 0 amide bonds. The summed E-state index contributed by atoms with van der Waals surface area (Å²) in [6.07, 6.45) is 1.42. The Hall–Kier alpha value is -1.01. The van der Waals surface area contributed by atoms with Gasteiger partial charge in [-0.3, -0.25) is 0 Å². The van der Waals surface area contributed by atoms with Crippen LogP contribution < -0.4 is 5.32 Å². The molecule has 2 aromatic rings. The first-order valence-electron chi connectivity index (χ1n) is 6.07. The molecular weight excluding hydrogens is 355 g/mol. The monoisotopic (exact) mass is 364 g/mol. The number of carbonyl (C=O) groups is 1. The molecule has 0 aliphatic rings. The van der Waals surface area contributed by atoms with Crippen LogP contribution in [0.4, 0.5) is 10.8 Å². The summed E-state index contributed by atoms with van der Waals surface area (Å²) in [6, 6.07) is 3.10. The van der Waals surface area contributed by atoms with Gasteiger partial charge in [0.05, 0.1) is 26.4 Å². The molecular formula is C13H11Cl3N2O2S. The van der Waals surface area contributed by atoms with Crippen LogP contribution in [0.15, 0.2) is 12.1 Å². The Labute approximate surface area is 140 Å². The molecule has 1 aromatic heterocycles. The van der Waals surface area contributed by atoms with Crippen LogP contribution in [0.3, 0.4) is 0 Å². The van der Waals surface area contributed by atoms with Crippen molar-refractivity contribution >= 4 is 62.9 Å². The van der Waals surface area contributed by atoms with Crippen molar-refractivity contribution in [1.82, 2.24) is 4.98 Å². The highest BCUT2D eigenvalue weighted by atomic mass is 35.5. The van der Waals surface area contributed by atoms with E-state index in [-0.39, 0.29) is 4.88 Å². The molecule has 0 saturated heterocycles. The average Bonchev–Trinajstić information content (AvgIpc) is 2.79. The fraction of sp³-hybridized carbons (Fsp3) is 0.231. The maximum absolute atomic E-state index is 11.2. The van der Waals surface area contributed by atoms with Gasteiger partial charge in [-0.15, -0.1) is 0 Å². The number of benzene rings is 1. The van der Waals surface area contributed by atoms with Gasteiger partial charge in [-0.05, 0) is 18.6 Å². The highest BCUT2D eigenvalue weighted by Crippen LogP contribution is 2.35. The second-order valence-electron chi connectivity index (χ2n) is 4.22. The van der Waals surface area contributed by atoms with Crippen LogP contribution in [0.1, 0.15) is 28.7 Å². The van der Waals surface area contributed by atoms with Crippen LogP contribution in [-0.4, -0.2) is 16.1 Å². The van der Waals surface area contributed by atoms with E-state index in [4.69, 9.17) is 34.8 Å². The first-order valence-corrected chi connectivity index (χ1v) is 8.02. The van der Waals surface area contributed by atoms with Crippen molar-refractivity contribution in [2.24, 2.45) is 0 Å². The van der Waals surface area contributed by atoms with E-state index in [0.29, 0.717) is 38.0 Å². The first kappa shape index (κ1) is 16.4. The third-order valence-electron chi connectivity index (χ3n) is 2.63. The zero-order chi connectivity index (χ0) is 15.6. The molecule has 0 radical (unpaired) electrons. The molecule has 0 saturated carbocycles. The van der Waals surface area contributed by atoms with Crippen LogP contribution in [0.5, 0.6) is 0 Å². The molecule has 0 unspecified atom stereocenters. The van der Waals surface area contributed by atoms with Gasteiger partial charge in [0.25, 0.3) is 0 Å². The Morgan fingerprint density at radius 3 is 2.57 bits per heavy atom. The van der Waals surface area contributed by atoms with Crippen molar-refractivity contribution in [1.29, 1.82) is 0 Å². The summed E-state index contributed by atoms with van der Waals surface area (Å²) in [5.74, 6) is -0.982. The number of aryl methyl sites for hydroxylation is 1. The quantitative estimate of drug-likeness (QED) is 0.687. The highest BCUT2D eigenvalue weighted by Gasteiger charge is 2.17. The summed E-state index contributed by atoms with van der Waals surface area (Å²) in [4.78, 5) is 15.7. The van der Waals surface area contributed by atoms with Crippen molar-refractivity contribution in [3.63, 3.8) is 0 Å². The summed E-state index contributed by atoms with van der Waals surface area (Å²) in [7, 11) is 0. The number of aromatic carboxylic acids is 1. The molecule has 0 aliphatic carbocycles. The Balaban J connectivity index is 2.34. The molecule has 21 heavy (non-hydrogen) atoms. The number of hydrogen-bond donors (Lipinski definition) is 2. The van der Waals surface area contributed by atoms with E-state index in [9.17, 15) is 9.90 Å². The number of hydrogen-bond acceptors (Lipinski definition) is 4. The van der Waals surface area contributed by atoms with E-state index < -0.39 is 5.97 Å². The van der Waals surface area contributed by atoms with Gasteiger partial charge in [-0.1, -0.05) is 59.5 Å². The van der Waals surface area contributed by atoms with Crippen molar-refractivity contribution in [3.8, 4) is 0 Å². The van der Waals surface area contributed by atoms with Crippen LogP contribution in [0.2, 0.25) is 15.1 Å². The summed E-state index contributed by atoms with van der Waals surface area (Å²) in [5, 5.41) is 13.7. The molecule has 0 bridgehead atoms. The SMILES string of the molecule is CCCc1nc(Nc2cc(Cl)c(Cl)cc2Cl)sc1C(=O)O. The first-order chi connectivity index (χ1) is 9.92. The fourth-order valence-electron chi connectivity index (χ4n) is 1.71. The highest BCUT2D eigenvalue weighted by molar-refractivity contribution is 7.17. The summed E-state index contributed by atoms with van der Waals surface area (Å²) >= 11 is 19.0. The number of nitrogens with zero attached hydrogens (tertiary/aromatic N) is 1. The predicted molar refractivity (Wildman–Crippen MR) is 87.8 cm³/mol. The number of nitrogens with one attached hydrogen (secondary N) is 1. The van der Waals surface area contributed by atoms with Crippen LogP contribution in [-0.2, 0) is 6.42 Å². The molecule has 4 nitrogen and oxygen atoms in total. The maximum atomic E-state index is 11.2. The summed E-state index contributed by atoms with van der Waals surface area (Å²) in [6.45, 7) is 1.97. The Morgan fingerprint density at radius 2 is 1.95 bits per heavy atom. The van der Waals surface area contributed by atoms with Gasteiger partial charge in [-0.25, -0.2) is 9.78 Å². The molecule has 0 spiro atoms. The lowest BCUT2D eigenvalue weighted by atomic mass is 10.2. The smallest absolute Gasteiger partial charge is 0.347 e. The topological polar surface area (TPSA) is 62.2 Å². The third kappa shape index (κ3) is 3.80. The van der Waals surface area contributed by atoms with Crippen LogP contribution in [0.25, 0.3) is 0 Å². The number of anilines is 2. The van der Waals surface area contributed by atoms with E-state index in [0.717, 1.165) is 17.8 Å². The van der Waals surface area contributed by atoms with Crippen molar-refractivity contribution < 1.29 is 9.90 Å². The minimum absolute atomic E-state index is 0.232. The number of rotatable bonds is 5. The minimum Gasteiger partial charge on any atom is -0.477 e. The van der Waals surface area contributed by atoms with E-state index >= 15 is 0 Å². The minimum atomic E-state index is -0.982. The third-order valence-corrected chi connectivity index (χ3v) is 4.67. The lowest BCUT2D eigenvalue weighted by molar-refractivity contribution is 0.0700. The molecule has 112 valence electrons. The molecule has 0 atom stereocenters. The Morgan fingerprint density at radius 1 is 1.29 bits per heavy atom. The lowest BCUT2D eigenvalue weighted by Crippen LogP contribution is -1.98. The second kappa shape index (κ2) is 6.83. The normalized spacial score (nSPS) is 10.7. The largest absolute Gasteiger partial charge is 0.477 e. The van der Waals surface area contributed by atoms with Gasteiger partial charge in [0.15, 0.2) is 5.13 Å². The van der Waals surface area contributed by atoms with Gasteiger partial charge < -0.3 is 10.4 Å². The molecule has 2 rings (SSSR count). The van der Waals surface area contributed by atoms with Crippen LogP contribution in [0, 0.1) is 0 Å².